The summed E-state index contributed by atoms with van der Waals surface area (Å²) in [6, 6.07) is 8.10. The van der Waals surface area contributed by atoms with Gasteiger partial charge in [0.05, 0.1) is 7.11 Å². The van der Waals surface area contributed by atoms with Crippen molar-refractivity contribution in [1.82, 2.24) is 15.8 Å². The Morgan fingerprint density at radius 2 is 2.04 bits per heavy atom. The number of carbonyl (C=O) groups is 1. The van der Waals surface area contributed by atoms with Gasteiger partial charge in [-0.25, -0.2) is 9.37 Å². The van der Waals surface area contributed by atoms with Crippen molar-refractivity contribution in [1.29, 1.82) is 0 Å². The standard InChI is InChI=1S/C20H24FN5O2/c1-12-15(13-10-22-23-11-13)4-6-19(24-12)26-8-7-17(20(26)27)25-14-3-5-16(21)18(9-14)28-2/h3-6,9,13,17,22-23,25H,7-8,10-11H2,1-2H3. The van der Waals surface area contributed by atoms with Crippen LogP contribution in [0.25, 0.3) is 0 Å². The fourth-order valence-corrected chi connectivity index (χ4v) is 3.82. The number of nitrogens with one attached hydrogen (secondary N) is 3. The molecule has 2 fully saturated rings. The fraction of sp³-hybridized carbons (Fsp3) is 0.400. The van der Waals surface area contributed by atoms with Gasteiger partial charge in [0.2, 0.25) is 0 Å². The van der Waals surface area contributed by atoms with E-state index in [0.29, 0.717) is 30.4 Å². The maximum atomic E-state index is 13.6. The third kappa shape index (κ3) is 3.53. The Balaban J connectivity index is 1.47. The van der Waals surface area contributed by atoms with Crippen molar-refractivity contribution in [3.63, 3.8) is 0 Å². The van der Waals surface area contributed by atoms with Crippen LogP contribution >= 0.6 is 0 Å². The summed E-state index contributed by atoms with van der Waals surface area (Å²) in [6.45, 7) is 4.32. The van der Waals surface area contributed by atoms with Gasteiger partial charge < -0.3 is 10.1 Å². The molecule has 0 saturated carbocycles. The summed E-state index contributed by atoms with van der Waals surface area (Å²) in [4.78, 5) is 19.3. The number of methoxy groups -OCH3 is 1. The van der Waals surface area contributed by atoms with Crippen molar-refractivity contribution in [2.75, 3.05) is 37.0 Å². The number of anilines is 2. The number of hydrazine groups is 1. The molecule has 7 nitrogen and oxygen atoms in total. The van der Waals surface area contributed by atoms with Gasteiger partial charge in [-0.15, -0.1) is 0 Å². The van der Waals surface area contributed by atoms with Gasteiger partial charge in [0, 0.05) is 43.0 Å². The van der Waals surface area contributed by atoms with Gasteiger partial charge in [0.15, 0.2) is 11.6 Å². The van der Waals surface area contributed by atoms with Crippen LogP contribution in [0.3, 0.4) is 0 Å². The highest BCUT2D eigenvalue weighted by molar-refractivity contribution is 6.00. The molecule has 1 unspecified atom stereocenters. The lowest BCUT2D eigenvalue weighted by Crippen LogP contribution is -2.34. The van der Waals surface area contributed by atoms with Crippen LogP contribution in [-0.4, -0.2) is 43.7 Å². The predicted molar refractivity (Wildman–Crippen MR) is 105 cm³/mol. The largest absolute Gasteiger partial charge is 0.494 e. The van der Waals surface area contributed by atoms with E-state index < -0.39 is 5.82 Å². The molecule has 0 spiro atoms. The molecule has 1 amide bonds. The van der Waals surface area contributed by atoms with Crippen LogP contribution in [0.5, 0.6) is 5.75 Å². The van der Waals surface area contributed by atoms with Crippen LogP contribution in [0.4, 0.5) is 15.9 Å². The first-order chi connectivity index (χ1) is 13.6. The number of hydrogen-bond donors (Lipinski definition) is 3. The second kappa shape index (κ2) is 7.73. The van der Waals surface area contributed by atoms with Crippen molar-refractivity contribution in [3.8, 4) is 5.75 Å². The number of ether oxygens (including phenoxy) is 1. The molecule has 1 aromatic heterocycles. The van der Waals surface area contributed by atoms with Crippen molar-refractivity contribution in [2.45, 2.75) is 25.3 Å². The second-order valence-electron chi connectivity index (χ2n) is 7.13. The highest BCUT2D eigenvalue weighted by Gasteiger charge is 2.33. The topological polar surface area (TPSA) is 78.5 Å². The summed E-state index contributed by atoms with van der Waals surface area (Å²) in [6.07, 6.45) is 0.650. The van der Waals surface area contributed by atoms with Gasteiger partial charge in [0.25, 0.3) is 5.91 Å². The van der Waals surface area contributed by atoms with E-state index in [2.05, 4.69) is 27.2 Å². The highest BCUT2D eigenvalue weighted by Crippen LogP contribution is 2.28. The van der Waals surface area contributed by atoms with Gasteiger partial charge in [0.1, 0.15) is 11.9 Å². The highest BCUT2D eigenvalue weighted by atomic mass is 19.1. The number of benzene rings is 1. The van der Waals surface area contributed by atoms with Crippen molar-refractivity contribution < 1.29 is 13.9 Å². The minimum atomic E-state index is -0.431. The molecule has 0 aliphatic carbocycles. The van der Waals surface area contributed by atoms with Gasteiger partial charge in [-0.1, -0.05) is 6.07 Å². The molecule has 2 aromatic rings. The van der Waals surface area contributed by atoms with Crippen LogP contribution in [0.15, 0.2) is 30.3 Å². The summed E-state index contributed by atoms with van der Waals surface area (Å²) < 4.78 is 18.6. The van der Waals surface area contributed by atoms with Gasteiger partial charge >= 0.3 is 0 Å². The Hall–Kier alpha value is -2.71. The number of amides is 1. The first-order valence-electron chi connectivity index (χ1n) is 9.41. The SMILES string of the molecule is COc1cc(NC2CCN(c3ccc(C4CNNC4)c(C)n3)C2=O)ccc1F. The zero-order valence-corrected chi connectivity index (χ0v) is 16.0. The van der Waals surface area contributed by atoms with Gasteiger partial charge in [-0.2, -0.15) is 0 Å². The molecule has 2 aliphatic heterocycles. The van der Waals surface area contributed by atoms with Crippen LogP contribution in [0.1, 0.15) is 23.6 Å². The number of hydrogen-bond acceptors (Lipinski definition) is 6. The second-order valence-corrected chi connectivity index (χ2v) is 7.13. The number of rotatable bonds is 5. The number of aromatic nitrogens is 1. The Kier molecular flexibility index (Phi) is 5.15. The third-order valence-corrected chi connectivity index (χ3v) is 5.35. The molecular weight excluding hydrogens is 361 g/mol. The molecule has 3 N–H and O–H groups in total. The van der Waals surface area contributed by atoms with Crippen molar-refractivity contribution >= 4 is 17.4 Å². The van der Waals surface area contributed by atoms with Gasteiger partial charge in [-0.3, -0.25) is 20.5 Å². The lowest BCUT2D eigenvalue weighted by molar-refractivity contribution is -0.117. The lowest BCUT2D eigenvalue weighted by Gasteiger charge is -2.19. The Labute approximate surface area is 163 Å². The van der Waals surface area contributed by atoms with E-state index in [9.17, 15) is 9.18 Å². The van der Waals surface area contributed by atoms with E-state index in [1.165, 1.54) is 18.7 Å². The number of nitrogens with zero attached hydrogens (tertiary/aromatic N) is 2. The Morgan fingerprint density at radius 1 is 1.25 bits per heavy atom. The zero-order chi connectivity index (χ0) is 19.7. The van der Waals surface area contributed by atoms with E-state index in [1.54, 1.807) is 17.0 Å². The van der Waals surface area contributed by atoms with Crippen LogP contribution < -0.4 is 25.8 Å². The fourth-order valence-electron chi connectivity index (χ4n) is 3.82. The third-order valence-electron chi connectivity index (χ3n) is 5.35. The van der Waals surface area contributed by atoms with Gasteiger partial charge in [-0.05, 0) is 37.1 Å². The number of halogens is 1. The average Bonchev–Trinajstić information content (AvgIpc) is 3.34. The lowest BCUT2D eigenvalue weighted by atomic mass is 9.99. The molecule has 1 aromatic carbocycles. The van der Waals surface area contributed by atoms with Crippen LogP contribution in [0.2, 0.25) is 0 Å². The van der Waals surface area contributed by atoms with E-state index in [-0.39, 0.29) is 17.7 Å². The quantitative estimate of drug-likeness (QED) is 0.730. The molecule has 2 aliphatic rings. The predicted octanol–water partition coefficient (Wildman–Crippen LogP) is 1.95. The van der Waals surface area contributed by atoms with Crippen LogP contribution in [-0.2, 0) is 4.79 Å². The van der Waals surface area contributed by atoms with E-state index in [4.69, 9.17) is 4.74 Å². The first kappa shape index (κ1) is 18.6. The molecule has 0 radical (unpaired) electrons. The minimum Gasteiger partial charge on any atom is -0.494 e. The molecule has 148 valence electrons. The molecule has 2 saturated heterocycles. The summed E-state index contributed by atoms with van der Waals surface area (Å²) in [5, 5.41) is 3.18. The van der Waals surface area contributed by atoms with Crippen molar-refractivity contribution in [3.05, 3.63) is 47.4 Å². The zero-order valence-electron chi connectivity index (χ0n) is 16.0. The van der Waals surface area contributed by atoms with E-state index in [0.717, 1.165) is 18.8 Å². The number of carbonyl (C=O) groups excluding carboxylic acids is 1. The van der Waals surface area contributed by atoms with Crippen LogP contribution in [0, 0.1) is 12.7 Å². The monoisotopic (exact) mass is 385 g/mol. The molecule has 8 heteroatoms. The van der Waals surface area contributed by atoms with Crippen molar-refractivity contribution in [2.24, 2.45) is 0 Å². The minimum absolute atomic E-state index is 0.0351. The molecular formula is C20H24FN5O2. The first-order valence-corrected chi connectivity index (χ1v) is 9.41. The van der Waals surface area contributed by atoms with E-state index >= 15 is 0 Å². The Morgan fingerprint density at radius 3 is 2.75 bits per heavy atom. The summed E-state index contributed by atoms with van der Waals surface area (Å²) in [5.74, 6) is 0.743. The smallest absolute Gasteiger partial charge is 0.250 e. The molecule has 0 bridgehead atoms. The molecule has 1 atom stereocenters. The maximum Gasteiger partial charge on any atom is 0.250 e. The summed E-state index contributed by atoms with van der Waals surface area (Å²) in [5.41, 5.74) is 9.06. The number of pyridine rings is 1. The molecule has 28 heavy (non-hydrogen) atoms. The van der Waals surface area contributed by atoms with E-state index in [1.807, 2.05) is 13.0 Å². The average molecular weight is 385 g/mol. The maximum absolute atomic E-state index is 13.6. The summed E-state index contributed by atoms with van der Waals surface area (Å²) in [7, 11) is 1.42. The normalized spacial score (nSPS) is 20.0. The molecule has 3 heterocycles. The molecule has 4 rings (SSSR count). The number of aryl methyl sites for hydroxylation is 1. The Bertz CT molecular complexity index is 885. The summed E-state index contributed by atoms with van der Waals surface area (Å²) >= 11 is 0.